The molecule has 1 aliphatic rings. The first-order chi connectivity index (χ1) is 13.3. The van der Waals surface area contributed by atoms with Crippen molar-refractivity contribution in [2.45, 2.75) is 25.3 Å². The third-order valence-electron chi connectivity index (χ3n) is 5.35. The first kappa shape index (κ1) is 21.0. The first-order valence-corrected chi connectivity index (χ1v) is 11.5. The predicted octanol–water partition coefficient (Wildman–Crippen LogP) is 1.14. The summed E-state index contributed by atoms with van der Waals surface area (Å²) < 4.78 is 12.2. The minimum Gasteiger partial charge on any atom is -1.00 e. The summed E-state index contributed by atoms with van der Waals surface area (Å²) >= 11 is 0. The van der Waals surface area contributed by atoms with Crippen LogP contribution in [0.25, 0.3) is 0 Å². The van der Waals surface area contributed by atoms with E-state index in [1.54, 1.807) is 0 Å². The van der Waals surface area contributed by atoms with Gasteiger partial charge in [-0.05, 0) is 49.7 Å². The third-order valence-corrected chi connectivity index (χ3v) is 10.2. The molecule has 2 nitrogen and oxygen atoms in total. The molecule has 0 aromatic heterocycles. The van der Waals surface area contributed by atoms with E-state index in [1.165, 1.54) is 15.9 Å². The molecule has 4 rings (SSSR count). The molecule has 1 fully saturated rings. The molecule has 0 radical (unpaired) electrons. The number of halogens is 1. The number of rotatable bonds is 5. The molecule has 0 amide bonds. The Bertz CT molecular complexity index is 740. The molecule has 4 heteroatoms. The summed E-state index contributed by atoms with van der Waals surface area (Å²) in [4.78, 5) is 0. The van der Waals surface area contributed by atoms with Gasteiger partial charge in [0, 0.05) is 0 Å². The molecule has 0 saturated carbocycles. The second-order valence-electron chi connectivity index (χ2n) is 6.93. The SMILES string of the molecule is CC(C1OCCCO1)[P+](c1ccccc1)(c1ccccc1)c1ccccc1.[Cl-]. The summed E-state index contributed by atoms with van der Waals surface area (Å²) in [5, 5.41) is 4.10. The standard InChI is InChI=1S/C24H26O2P.ClH/c1-20(24-25-18-11-19-26-24)27(21-12-5-2-6-13-21,22-14-7-3-8-15-22)23-16-9-4-10-17-23;/h2-10,12-17,20,24H,11,18-19H2,1H3;1H/q+1;/p-1. The molecule has 1 saturated heterocycles. The van der Waals surface area contributed by atoms with E-state index in [1.807, 2.05) is 0 Å². The fraction of sp³-hybridized carbons (Fsp3) is 0.250. The molecule has 3 aromatic rings. The number of benzene rings is 3. The van der Waals surface area contributed by atoms with E-state index in [0.717, 1.165) is 19.6 Å². The zero-order chi connectivity index (χ0) is 18.5. The van der Waals surface area contributed by atoms with Crippen molar-refractivity contribution in [3.8, 4) is 0 Å². The van der Waals surface area contributed by atoms with Crippen LogP contribution < -0.4 is 28.3 Å². The molecule has 1 atom stereocenters. The van der Waals surface area contributed by atoms with Crippen LogP contribution in [-0.2, 0) is 9.47 Å². The smallest absolute Gasteiger partial charge is 0.195 e. The highest BCUT2D eigenvalue weighted by molar-refractivity contribution is 7.96. The lowest BCUT2D eigenvalue weighted by molar-refractivity contribution is -0.176. The molecule has 28 heavy (non-hydrogen) atoms. The molecule has 1 aliphatic heterocycles. The van der Waals surface area contributed by atoms with Gasteiger partial charge in [-0.3, -0.25) is 0 Å². The minimum atomic E-state index is -1.96. The van der Waals surface area contributed by atoms with Crippen molar-refractivity contribution in [2.24, 2.45) is 0 Å². The second kappa shape index (κ2) is 9.67. The van der Waals surface area contributed by atoms with Crippen molar-refractivity contribution >= 4 is 23.2 Å². The summed E-state index contributed by atoms with van der Waals surface area (Å²) in [7, 11) is -1.96. The highest BCUT2D eigenvalue weighted by Gasteiger charge is 2.54. The van der Waals surface area contributed by atoms with Crippen molar-refractivity contribution in [2.75, 3.05) is 13.2 Å². The van der Waals surface area contributed by atoms with Gasteiger partial charge in [-0.1, -0.05) is 54.6 Å². The largest absolute Gasteiger partial charge is 1.00 e. The highest BCUT2D eigenvalue weighted by Crippen LogP contribution is 2.61. The average molecular weight is 413 g/mol. The van der Waals surface area contributed by atoms with Crippen LogP contribution in [0.4, 0.5) is 0 Å². The van der Waals surface area contributed by atoms with Crippen molar-refractivity contribution in [1.82, 2.24) is 0 Å². The van der Waals surface area contributed by atoms with E-state index in [9.17, 15) is 0 Å². The Kier molecular flexibility index (Phi) is 7.26. The van der Waals surface area contributed by atoms with Crippen LogP contribution >= 0.6 is 7.26 Å². The number of hydrogen-bond acceptors (Lipinski definition) is 2. The highest BCUT2D eigenvalue weighted by atomic mass is 35.5. The van der Waals surface area contributed by atoms with Gasteiger partial charge >= 0.3 is 0 Å². The van der Waals surface area contributed by atoms with E-state index in [0.29, 0.717) is 0 Å². The summed E-state index contributed by atoms with van der Waals surface area (Å²) in [5.41, 5.74) is 0.213. The topological polar surface area (TPSA) is 18.5 Å². The monoisotopic (exact) mass is 412 g/mol. The average Bonchev–Trinajstić information content (AvgIpc) is 2.77. The Morgan fingerprint density at radius 1 is 0.679 bits per heavy atom. The van der Waals surface area contributed by atoms with E-state index in [-0.39, 0.29) is 24.4 Å². The lowest BCUT2D eigenvalue weighted by Crippen LogP contribution is -3.00. The molecule has 0 spiro atoms. The van der Waals surface area contributed by atoms with Gasteiger partial charge in [-0.15, -0.1) is 0 Å². The predicted molar refractivity (Wildman–Crippen MR) is 115 cm³/mol. The Morgan fingerprint density at radius 2 is 1.04 bits per heavy atom. The lowest BCUT2D eigenvalue weighted by Gasteiger charge is -2.37. The van der Waals surface area contributed by atoms with Gasteiger partial charge in [-0.25, -0.2) is 0 Å². The second-order valence-corrected chi connectivity index (χ2v) is 10.7. The number of ether oxygens (including phenoxy) is 2. The molecule has 3 aromatic carbocycles. The van der Waals surface area contributed by atoms with Crippen molar-refractivity contribution in [3.63, 3.8) is 0 Å². The molecule has 0 bridgehead atoms. The van der Waals surface area contributed by atoms with Crippen LogP contribution in [0.5, 0.6) is 0 Å². The van der Waals surface area contributed by atoms with Crippen molar-refractivity contribution in [1.29, 1.82) is 0 Å². The summed E-state index contributed by atoms with van der Waals surface area (Å²) in [6, 6.07) is 32.8. The van der Waals surface area contributed by atoms with Gasteiger partial charge in [0.05, 0.1) is 13.2 Å². The molecule has 1 heterocycles. The van der Waals surface area contributed by atoms with E-state index in [4.69, 9.17) is 9.47 Å². The van der Waals surface area contributed by atoms with Crippen LogP contribution in [0.3, 0.4) is 0 Å². The van der Waals surface area contributed by atoms with Crippen LogP contribution in [0.2, 0.25) is 0 Å². The van der Waals surface area contributed by atoms with E-state index in [2.05, 4.69) is 97.9 Å². The Morgan fingerprint density at radius 3 is 1.39 bits per heavy atom. The Hall–Kier alpha value is -1.70. The lowest BCUT2D eigenvalue weighted by atomic mass is 10.3. The molecule has 0 N–H and O–H groups in total. The maximum Gasteiger partial charge on any atom is 0.195 e. The van der Waals surface area contributed by atoms with Gasteiger partial charge in [0.25, 0.3) is 0 Å². The maximum atomic E-state index is 6.12. The fourth-order valence-corrected chi connectivity index (χ4v) is 8.88. The number of hydrogen-bond donors (Lipinski definition) is 0. The van der Waals surface area contributed by atoms with E-state index >= 15 is 0 Å². The van der Waals surface area contributed by atoms with Crippen molar-refractivity contribution < 1.29 is 21.9 Å². The summed E-state index contributed by atoms with van der Waals surface area (Å²) in [6.45, 7) is 3.84. The Labute approximate surface area is 174 Å². The minimum absolute atomic E-state index is 0. The van der Waals surface area contributed by atoms with Crippen LogP contribution in [0.15, 0.2) is 91.0 Å². The fourth-order valence-electron chi connectivity index (χ4n) is 4.11. The molecular weight excluding hydrogens is 387 g/mol. The van der Waals surface area contributed by atoms with Gasteiger partial charge in [-0.2, -0.15) is 0 Å². The van der Waals surface area contributed by atoms with Crippen LogP contribution in [0, 0.1) is 0 Å². The molecular formula is C24H26ClO2P. The Balaban J connectivity index is 0.00000225. The molecule has 0 aliphatic carbocycles. The molecule has 1 unspecified atom stereocenters. The molecule has 146 valence electrons. The normalized spacial score (nSPS) is 16.2. The van der Waals surface area contributed by atoms with E-state index < -0.39 is 7.26 Å². The van der Waals surface area contributed by atoms with Crippen LogP contribution in [-0.4, -0.2) is 25.2 Å². The third kappa shape index (κ3) is 3.88. The van der Waals surface area contributed by atoms with Crippen LogP contribution in [0.1, 0.15) is 13.3 Å². The van der Waals surface area contributed by atoms with Gasteiger partial charge in [0.15, 0.2) is 6.29 Å². The summed E-state index contributed by atoms with van der Waals surface area (Å²) in [6.07, 6.45) is 0.782. The summed E-state index contributed by atoms with van der Waals surface area (Å²) in [5.74, 6) is 0. The zero-order valence-electron chi connectivity index (χ0n) is 16.1. The van der Waals surface area contributed by atoms with Crippen molar-refractivity contribution in [3.05, 3.63) is 91.0 Å². The zero-order valence-corrected chi connectivity index (χ0v) is 17.7. The van der Waals surface area contributed by atoms with Gasteiger partial charge in [0.1, 0.15) is 28.8 Å². The maximum absolute atomic E-state index is 6.12. The first-order valence-electron chi connectivity index (χ1n) is 9.62. The van der Waals surface area contributed by atoms with Gasteiger partial charge < -0.3 is 21.9 Å². The van der Waals surface area contributed by atoms with Gasteiger partial charge in [0.2, 0.25) is 0 Å². The quantitative estimate of drug-likeness (QED) is 0.585.